The van der Waals surface area contributed by atoms with E-state index in [2.05, 4.69) is 5.32 Å². The highest BCUT2D eigenvalue weighted by Crippen LogP contribution is 2.31. The van der Waals surface area contributed by atoms with Crippen LogP contribution in [-0.2, 0) is 11.0 Å². The Balaban J connectivity index is 2.82. The van der Waals surface area contributed by atoms with Crippen molar-refractivity contribution in [2.75, 3.05) is 0 Å². The molecule has 0 fully saturated rings. The van der Waals surface area contributed by atoms with Gasteiger partial charge >= 0.3 is 6.18 Å². The fourth-order valence-electron chi connectivity index (χ4n) is 2.23. The number of hydrogen-bond donors (Lipinski definition) is 2. The van der Waals surface area contributed by atoms with E-state index in [1.54, 1.807) is 0 Å². The highest BCUT2D eigenvalue weighted by atomic mass is 19.4. The standard InChI is InChI=1S/C16H21F3N2O2/c1-2-3-4-5-10-13(14(20)22)21-15(23)11-8-6-7-9-12(11)16(17,18)19/h6-9,13H,2-5,10H2,1H3,(H2,20,22)(H,21,23)/t13-/m1/s1. The Morgan fingerprint density at radius 3 is 2.39 bits per heavy atom. The number of carbonyl (C=O) groups excluding carboxylic acids is 2. The molecule has 4 nitrogen and oxygen atoms in total. The molecule has 0 bridgehead atoms. The summed E-state index contributed by atoms with van der Waals surface area (Å²) in [4.78, 5) is 23.5. The molecule has 2 amide bonds. The molecule has 0 radical (unpaired) electrons. The van der Waals surface area contributed by atoms with Crippen molar-refractivity contribution in [2.45, 2.75) is 51.2 Å². The van der Waals surface area contributed by atoms with Gasteiger partial charge in [-0.15, -0.1) is 0 Å². The van der Waals surface area contributed by atoms with Crippen LogP contribution in [0.2, 0.25) is 0 Å². The van der Waals surface area contributed by atoms with Crippen LogP contribution >= 0.6 is 0 Å². The van der Waals surface area contributed by atoms with Gasteiger partial charge in [-0.1, -0.05) is 44.7 Å². The van der Waals surface area contributed by atoms with Crippen LogP contribution in [0.3, 0.4) is 0 Å². The fraction of sp³-hybridized carbons (Fsp3) is 0.500. The molecule has 0 aliphatic rings. The van der Waals surface area contributed by atoms with E-state index >= 15 is 0 Å². The number of nitrogens with two attached hydrogens (primary N) is 1. The van der Waals surface area contributed by atoms with E-state index in [0.717, 1.165) is 31.4 Å². The van der Waals surface area contributed by atoms with Gasteiger partial charge in [-0.3, -0.25) is 9.59 Å². The lowest BCUT2D eigenvalue weighted by molar-refractivity contribution is -0.137. The SMILES string of the molecule is CCCCCC[C@@H](NC(=O)c1ccccc1C(F)(F)F)C(N)=O. The summed E-state index contributed by atoms with van der Waals surface area (Å²) in [6.07, 6.45) is -0.798. The number of rotatable bonds is 8. The summed E-state index contributed by atoms with van der Waals surface area (Å²) in [7, 11) is 0. The van der Waals surface area contributed by atoms with E-state index in [1.807, 2.05) is 6.92 Å². The molecule has 3 N–H and O–H groups in total. The van der Waals surface area contributed by atoms with Gasteiger partial charge in [-0.25, -0.2) is 0 Å². The van der Waals surface area contributed by atoms with Crippen molar-refractivity contribution < 1.29 is 22.8 Å². The quantitative estimate of drug-likeness (QED) is 0.718. The first-order valence-corrected chi connectivity index (χ1v) is 7.53. The lowest BCUT2D eigenvalue weighted by Gasteiger charge is -2.17. The molecule has 0 aliphatic heterocycles. The number of nitrogens with one attached hydrogen (secondary N) is 1. The zero-order chi connectivity index (χ0) is 17.5. The number of hydrogen-bond acceptors (Lipinski definition) is 2. The molecule has 0 spiro atoms. The number of halogens is 3. The lowest BCUT2D eigenvalue weighted by Crippen LogP contribution is -2.44. The van der Waals surface area contributed by atoms with Crippen LogP contribution in [0.5, 0.6) is 0 Å². The Labute approximate surface area is 133 Å². The summed E-state index contributed by atoms with van der Waals surface area (Å²) in [5.74, 6) is -1.70. The lowest BCUT2D eigenvalue weighted by atomic mass is 10.0. The highest BCUT2D eigenvalue weighted by molar-refractivity contribution is 5.98. The fourth-order valence-corrected chi connectivity index (χ4v) is 2.23. The minimum absolute atomic E-state index is 0.315. The normalized spacial score (nSPS) is 12.7. The second kappa shape index (κ2) is 8.55. The summed E-state index contributed by atoms with van der Waals surface area (Å²) >= 11 is 0. The van der Waals surface area contributed by atoms with Crippen molar-refractivity contribution in [2.24, 2.45) is 5.73 Å². The number of amides is 2. The van der Waals surface area contributed by atoms with Crippen LogP contribution in [-0.4, -0.2) is 17.9 Å². The summed E-state index contributed by atoms with van der Waals surface area (Å²) in [5.41, 5.74) is 3.68. The van der Waals surface area contributed by atoms with Crippen LogP contribution in [0, 0.1) is 0 Å². The maximum Gasteiger partial charge on any atom is 0.417 e. The minimum atomic E-state index is -4.64. The average molecular weight is 330 g/mol. The van der Waals surface area contributed by atoms with Crippen LogP contribution < -0.4 is 11.1 Å². The van der Waals surface area contributed by atoms with E-state index < -0.39 is 35.2 Å². The van der Waals surface area contributed by atoms with E-state index in [4.69, 9.17) is 5.73 Å². The maximum atomic E-state index is 12.9. The smallest absolute Gasteiger partial charge is 0.368 e. The van der Waals surface area contributed by atoms with E-state index in [1.165, 1.54) is 12.1 Å². The van der Waals surface area contributed by atoms with Gasteiger partial charge in [0, 0.05) is 0 Å². The predicted molar refractivity (Wildman–Crippen MR) is 80.7 cm³/mol. The first-order valence-electron chi connectivity index (χ1n) is 7.53. The van der Waals surface area contributed by atoms with Gasteiger partial charge in [0.1, 0.15) is 6.04 Å². The zero-order valence-electron chi connectivity index (χ0n) is 13.0. The molecule has 0 aromatic heterocycles. The van der Waals surface area contributed by atoms with Crippen LogP contribution in [0.25, 0.3) is 0 Å². The van der Waals surface area contributed by atoms with Crippen LogP contribution in [0.4, 0.5) is 13.2 Å². The van der Waals surface area contributed by atoms with Gasteiger partial charge in [0.2, 0.25) is 5.91 Å². The van der Waals surface area contributed by atoms with Crippen LogP contribution in [0.1, 0.15) is 54.9 Å². The molecule has 1 aromatic carbocycles. The van der Waals surface area contributed by atoms with Gasteiger partial charge in [0.25, 0.3) is 5.91 Å². The Morgan fingerprint density at radius 1 is 1.17 bits per heavy atom. The van der Waals surface area contributed by atoms with Gasteiger partial charge in [0.05, 0.1) is 11.1 Å². The molecule has 23 heavy (non-hydrogen) atoms. The third-order valence-electron chi connectivity index (χ3n) is 3.47. The summed E-state index contributed by atoms with van der Waals surface area (Å²) < 4.78 is 38.8. The summed E-state index contributed by atoms with van der Waals surface area (Å²) in [5, 5.41) is 2.31. The second-order valence-electron chi connectivity index (χ2n) is 5.32. The first kappa shape index (κ1) is 19.0. The third-order valence-corrected chi connectivity index (χ3v) is 3.47. The molecule has 0 aliphatic carbocycles. The van der Waals surface area contributed by atoms with E-state index in [0.29, 0.717) is 12.8 Å². The van der Waals surface area contributed by atoms with Crippen molar-refractivity contribution in [3.63, 3.8) is 0 Å². The minimum Gasteiger partial charge on any atom is -0.368 e. The highest BCUT2D eigenvalue weighted by Gasteiger charge is 2.35. The summed E-state index contributed by atoms with van der Waals surface area (Å²) in [6.45, 7) is 2.03. The number of primary amides is 1. The monoisotopic (exact) mass is 330 g/mol. The molecule has 0 saturated heterocycles. The average Bonchev–Trinajstić information content (AvgIpc) is 2.49. The van der Waals surface area contributed by atoms with Crippen molar-refractivity contribution in [3.05, 3.63) is 35.4 Å². The molecule has 128 valence electrons. The first-order chi connectivity index (χ1) is 10.8. The Bertz CT molecular complexity index is 544. The largest absolute Gasteiger partial charge is 0.417 e. The van der Waals surface area contributed by atoms with Gasteiger partial charge < -0.3 is 11.1 Å². The maximum absolute atomic E-state index is 12.9. The number of unbranched alkanes of at least 4 members (excludes halogenated alkanes) is 3. The molecular formula is C16H21F3N2O2. The molecule has 1 atom stereocenters. The molecule has 1 aromatic rings. The van der Waals surface area contributed by atoms with Crippen molar-refractivity contribution >= 4 is 11.8 Å². The van der Waals surface area contributed by atoms with Gasteiger partial charge in [0.15, 0.2) is 0 Å². The van der Waals surface area contributed by atoms with E-state index in [-0.39, 0.29) is 0 Å². The van der Waals surface area contributed by atoms with Gasteiger partial charge in [-0.2, -0.15) is 13.2 Å². The van der Waals surface area contributed by atoms with Crippen LogP contribution in [0.15, 0.2) is 24.3 Å². The topological polar surface area (TPSA) is 72.2 Å². The molecule has 0 heterocycles. The van der Waals surface area contributed by atoms with Gasteiger partial charge in [-0.05, 0) is 18.6 Å². The Hall–Kier alpha value is -2.05. The van der Waals surface area contributed by atoms with Crippen molar-refractivity contribution in [1.29, 1.82) is 0 Å². The van der Waals surface area contributed by atoms with Crippen molar-refractivity contribution in [3.8, 4) is 0 Å². The molecule has 1 rings (SSSR count). The number of carbonyl (C=O) groups is 2. The molecule has 0 saturated carbocycles. The molecule has 7 heteroatoms. The summed E-state index contributed by atoms with van der Waals surface area (Å²) in [6, 6.07) is 3.48. The van der Waals surface area contributed by atoms with Crippen molar-refractivity contribution in [1.82, 2.24) is 5.32 Å². The van der Waals surface area contributed by atoms with E-state index in [9.17, 15) is 22.8 Å². The number of alkyl halides is 3. The zero-order valence-corrected chi connectivity index (χ0v) is 13.0. The Morgan fingerprint density at radius 2 is 1.83 bits per heavy atom. The predicted octanol–water partition coefficient (Wildman–Crippen LogP) is 3.26. The Kier molecular flexibility index (Phi) is 7.06. The third kappa shape index (κ3) is 5.92. The second-order valence-corrected chi connectivity index (χ2v) is 5.32. The number of benzene rings is 1. The molecule has 0 unspecified atom stereocenters. The molecular weight excluding hydrogens is 309 g/mol.